The van der Waals surface area contributed by atoms with Crippen LogP contribution in [0.2, 0.25) is 0 Å². The highest BCUT2D eigenvalue weighted by atomic mass is 35.5. The van der Waals surface area contributed by atoms with Gasteiger partial charge in [0.05, 0.1) is 5.57 Å². The van der Waals surface area contributed by atoms with Crippen LogP contribution in [-0.4, -0.2) is 0 Å². The molecule has 0 amide bonds. The Balaban J connectivity index is 2.42. The highest BCUT2D eigenvalue weighted by Gasteiger charge is 2.34. The molecule has 0 aliphatic heterocycles. The van der Waals surface area contributed by atoms with E-state index < -0.39 is 0 Å². The summed E-state index contributed by atoms with van der Waals surface area (Å²) in [5, 5.41) is 12.0. The van der Waals surface area contributed by atoms with Gasteiger partial charge in [-0.25, -0.2) is 0 Å². The summed E-state index contributed by atoms with van der Waals surface area (Å²) in [7, 11) is 0. The fourth-order valence-corrected chi connectivity index (χ4v) is 3.43. The smallest absolute Gasteiger partial charge is 0.102 e. The van der Waals surface area contributed by atoms with Crippen molar-refractivity contribution in [1.82, 2.24) is 0 Å². The Kier molecular flexibility index (Phi) is 3.37. The van der Waals surface area contributed by atoms with Crippen LogP contribution in [-0.2, 0) is 0 Å². The lowest BCUT2D eigenvalue weighted by molar-refractivity contribution is 0.437. The van der Waals surface area contributed by atoms with Crippen molar-refractivity contribution in [3.63, 3.8) is 0 Å². The molecule has 1 aliphatic carbocycles. The van der Waals surface area contributed by atoms with Gasteiger partial charge in [-0.1, -0.05) is 37.4 Å². The number of halogens is 1. The summed E-state index contributed by atoms with van der Waals surface area (Å²) in [6.45, 7) is 2.17. The zero-order valence-electron chi connectivity index (χ0n) is 9.29. The first-order valence-corrected chi connectivity index (χ1v) is 6.77. The van der Waals surface area contributed by atoms with Gasteiger partial charge in [-0.2, -0.15) is 5.26 Å². The van der Waals surface area contributed by atoms with Gasteiger partial charge in [0, 0.05) is 15.3 Å². The maximum absolute atomic E-state index is 9.26. The summed E-state index contributed by atoms with van der Waals surface area (Å²) in [6, 6.07) is 6.18. The molecule has 0 saturated heterocycles. The van der Waals surface area contributed by atoms with E-state index in [4.69, 9.17) is 11.6 Å². The molecule has 2 rings (SSSR count). The van der Waals surface area contributed by atoms with Gasteiger partial charge in [-0.05, 0) is 24.3 Å². The predicted octanol–water partition coefficient (Wildman–Crippen LogP) is 4.80. The van der Waals surface area contributed by atoms with Crippen LogP contribution in [0.15, 0.2) is 22.5 Å². The molecule has 0 N–H and O–H groups in total. The molecular weight excluding hydrogens is 238 g/mol. The molecule has 16 heavy (non-hydrogen) atoms. The summed E-state index contributed by atoms with van der Waals surface area (Å²) in [4.78, 5) is 0.987. The van der Waals surface area contributed by atoms with Gasteiger partial charge in [0.15, 0.2) is 0 Å². The van der Waals surface area contributed by atoms with Crippen LogP contribution in [0.1, 0.15) is 37.5 Å². The third-order valence-electron chi connectivity index (χ3n) is 3.34. The molecule has 0 unspecified atom stereocenters. The van der Waals surface area contributed by atoms with Crippen LogP contribution in [0.3, 0.4) is 0 Å². The van der Waals surface area contributed by atoms with Crippen LogP contribution in [0.5, 0.6) is 0 Å². The Morgan fingerprint density at radius 2 is 2.19 bits per heavy atom. The monoisotopic (exact) mass is 251 g/mol. The van der Waals surface area contributed by atoms with E-state index in [1.54, 1.807) is 11.3 Å². The first-order valence-electron chi connectivity index (χ1n) is 5.51. The molecule has 3 heteroatoms. The molecule has 1 aromatic rings. The van der Waals surface area contributed by atoms with E-state index in [1.807, 2.05) is 17.5 Å². The van der Waals surface area contributed by atoms with Crippen molar-refractivity contribution in [3.8, 4) is 6.07 Å². The van der Waals surface area contributed by atoms with Crippen molar-refractivity contribution in [2.45, 2.75) is 32.6 Å². The molecule has 1 fully saturated rings. The number of hydrogen-bond acceptors (Lipinski definition) is 2. The number of allylic oxidation sites excluding steroid dienone is 2. The van der Waals surface area contributed by atoms with E-state index in [-0.39, 0.29) is 5.41 Å². The third-order valence-corrected chi connectivity index (χ3v) is 4.87. The molecule has 1 nitrogen and oxygen atoms in total. The van der Waals surface area contributed by atoms with E-state index >= 15 is 0 Å². The highest BCUT2D eigenvalue weighted by molar-refractivity contribution is 7.11. The maximum atomic E-state index is 9.26. The lowest BCUT2D eigenvalue weighted by Crippen LogP contribution is -2.12. The second-order valence-corrected chi connectivity index (χ2v) is 5.87. The summed E-state index contributed by atoms with van der Waals surface area (Å²) < 4.78 is 0. The molecule has 0 bridgehead atoms. The largest absolute Gasteiger partial charge is 0.192 e. The zero-order valence-corrected chi connectivity index (χ0v) is 10.9. The van der Waals surface area contributed by atoms with E-state index in [9.17, 15) is 5.26 Å². The quantitative estimate of drug-likeness (QED) is 0.693. The van der Waals surface area contributed by atoms with Gasteiger partial charge >= 0.3 is 0 Å². The Labute approximate surface area is 105 Å². The Morgan fingerprint density at radius 3 is 2.69 bits per heavy atom. The third kappa shape index (κ3) is 2.03. The van der Waals surface area contributed by atoms with Crippen molar-refractivity contribution < 1.29 is 0 Å². The molecule has 1 aromatic heterocycles. The summed E-state index contributed by atoms with van der Waals surface area (Å²) in [6.07, 6.45) is 4.64. The summed E-state index contributed by atoms with van der Waals surface area (Å²) in [5.74, 6) is 0. The van der Waals surface area contributed by atoms with Gasteiger partial charge < -0.3 is 0 Å². The molecule has 0 radical (unpaired) electrons. The molecule has 1 saturated carbocycles. The van der Waals surface area contributed by atoms with Gasteiger partial charge in [0.1, 0.15) is 6.07 Å². The van der Waals surface area contributed by atoms with Crippen LogP contribution in [0.25, 0.3) is 5.57 Å². The SMILES string of the molecule is CC1(C(Cl)=C(C#N)c2cccs2)CCCC1. The summed E-state index contributed by atoms with van der Waals surface area (Å²) in [5.41, 5.74) is 0.692. The second-order valence-electron chi connectivity index (χ2n) is 4.55. The number of nitriles is 1. The fourth-order valence-electron chi connectivity index (χ4n) is 2.31. The topological polar surface area (TPSA) is 23.8 Å². The normalized spacial score (nSPS) is 20.3. The minimum absolute atomic E-state index is 0.0244. The molecule has 0 spiro atoms. The van der Waals surface area contributed by atoms with E-state index in [2.05, 4.69) is 13.0 Å². The number of rotatable bonds is 2. The molecular formula is C13H14ClNS. The lowest BCUT2D eigenvalue weighted by Gasteiger charge is -2.23. The highest BCUT2D eigenvalue weighted by Crippen LogP contribution is 2.48. The van der Waals surface area contributed by atoms with Gasteiger partial charge in [-0.3, -0.25) is 0 Å². The maximum Gasteiger partial charge on any atom is 0.102 e. The molecule has 84 valence electrons. The van der Waals surface area contributed by atoms with Crippen LogP contribution >= 0.6 is 22.9 Å². The molecule has 0 aromatic carbocycles. The van der Waals surface area contributed by atoms with Crippen molar-refractivity contribution in [2.24, 2.45) is 5.41 Å². The minimum atomic E-state index is 0.0244. The second kappa shape index (κ2) is 4.61. The van der Waals surface area contributed by atoms with Gasteiger partial charge in [-0.15, -0.1) is 11.3 Å². The van der Waals surface area contributed by atoms with Crippen LogP contribution in [0.4, 0.5) is 0 Å². The first kappa shape index (κ1) is 11.7. The van der Waals surface area contributed by atoms with Gasteiger partial charge in [0.2, 0.25) is 0 Å². The molecule has 0 atom stereocenters. The minimum Gasteiger partial charge on any atom is -0.192 e. The van der Waals surface area contributed by atoms with Crippen LogP contribution in [0, 0.1) is 16.7 Å². The van der Waals surface area contributed by atoms with Crippen molar-refractivity contribution >= 4 is 28.5 Å². The van der Waals surface area contributed by atoms with E-state index in [0.717, 1.165) is 22.8 Å². The van der Waals surface area contributed by atoms with Gasteiger partial charge in [0.25, 0.3) is 0 Å². The average molecular weight is 252 g/mol. The predicted molar refractivity (Wildman–Crippen MR) is 69.3 cm³/mol. The lowest BCUT2D eigenvalue weighted by atomic mass is 9.86. The average Bonchev–Trinajstić information content (AvgIpc) is 2.91. The zero-order chi connectivity index (χ0) is 11.6. The molecule has 1 heterocycles. The summed E-state index contributed by atoms with van der Waals surface area (Å²) >= 11 is 8.03. The van der Waals surface area contributed by atoms with E-state index in [1.165, 1.54) is 12.8 Å². The first-order chi connectivity index (χ1) is 7.67. The van der Waals surface area contributed by atoms with Crippen molar-refractivity contribution in [3.05, 3.63) is 27.4 Å². The standard InChI is InChI=1S/C13H14ClNS/c1-13(6-2-3-7-13)12(14)10(9-15)11-5-4-8-16-11/h4-5,8H,2-3,6-7H2,1H3. The van der Waals surface area contributed by atoms with E-state index in [0.29, 0.717) is 5.57 Å². The van der Waals surface area contributed by atoms with Crippen LogP contribution < -0.4 is 0 Å². The Hall–Kier alpha value is -0.780. The molecule has 1 aliphatic rings. The number of hydrogen-bond donors (Lipinski definition) is 0. The number of nitrogens with zero attached hydrogens (tertiary/aromatic N) is 1. The number of thiophene rings is 1. The Morgan fingerprint density at radius 1 is 1.50 bits per heavy atom. The Bertz CT molecular complexity index is 433. The van der Waals surface area contributed by atoms with Crippen molar-refractivity contribution in [1.29, 1.82) is 5.26 Å². The fraction of sp³-hybridized carbons (Fsp3) is 0.462. The van der Waals surface area contributed by atoms with Crippen molar-refractivity contribution in [2.75, 3.05) is 0 Å².